The molecule has 0 aliphatic heterocycles. The van der Waals surface area contributed by atoms with Crippen LogP contribution in [0.15, 0.2) is 18.2 Å². The van der Waals surface area contributed by atoms with E-state index in [1.807, 2.05) is 6.92 Å². The summed E-state index contributed by atoms with van der Waals surface area (Å²) in [6, 6.07) is 4.01. The molecule has 6 heteroatoms. The van der Waals surface area contributed by atoms with E-state index in [4.69, 9.17) is 4.74 Å². The molecular weight excluding hydrogens is 305 g/mol. The van der Waals surface area contributed by atoms with Crippen LogP contribution >= 0.6 is 11.3 Å². The smallest absolute Gasteiger partial charge is 0.341 e. The second-order valence-corrected chi connectivity index (χ2v) is 6.12. The van der Waals surface area contributed by atoms with Gasteiger partial charge in [-0.05, 0) is 44.0 Å². The zero-order valence-corrected chi connectivity index (χ0v) is 13.6. The highest BCUT2D eigenvalue weighted by Crippen LogP contribution is 2.33. The number of amides is 1. The SMILES string of the molecule is COC(=O)c1c(NC(=O)c2cc(F)ccc2C)sc(C)c1C. The highest BCUT2D eigenvalue weighted by Gasteiger charge is 2.22. The molecule has 0 aliphatic rings. The van der Waals surface area contributed by atoms with Crippen molar-refractivity contribution in [2.24, 2.45) is 0 Å². The van der Waals surface area contributed by atoms with Crippen LogP contribution in [0.3, 0.4) is 0 Å². The van der Waals surface area contributed by atoms with E-state index in [1.54, 1.807) is 13.8 Å². The van der Waals surface area contributed by atoms with Gasteiger partial charge in [0.05, 0.1) is 12.7 Å². The molecule has 0 unspecified atom stereocenters. The number of benzene rings is 1. The lowest BCUT2D eigenvalue weighted by molar-refractivity contribution is 0.0601. The van der Waals surface area contributed by atoms with E-state index in [0.29, 0.717) is 16.1 Å². The van der Waals surface area contributed by atoms with Crippen molar-refractivity contribution in [3.05, 3.63) is 51.1 Å². The number of aryl methyl sites for hydroxylation is 2. The molecule has 0 fully saturated rings. The Morgan fingerprint density at radius 1 is 1.23 bits per heavy atom. The molecule has 1 N–H and O–H groups in total. The molecule has 1 aromatic carbocycles. The summed E-state index contributed by atoms with van der Waals surface area (Å²) in [5, 5.41) is 3.10. The van der Waals surface area contributed by atoms with Crippen molar-refractivity contribution < 1.29 is 18.7 Å². The molecule has 116 valence electrons. The Bertz CT molecular complexity index is 752. The lowest BCUT2D eigenvalue weighted by Crippen LogP contribution is -2.15. The zero-order chi connectivity index (χ0) is 16.4. The lowest BCUT2D eigenvalue weighted by Gasteiger charge is -2.08. The van der Waals surface area contributed by atoms with Crippen molar-refractivity contribution in [3.8, 4) is 0 Å². The van der Waals surface area contributed by atoms with Gasteiger partial charge in [-0.3, -0.25) is 4.79 Å². The Hall–Kier alpha value is -2.21. The molecule has 0 saturated heterocycles. The normalized spacial score (nSPS) is 10.4. The van der Waals surface area contributed by atoms with Crippen LogP contribution in [0, 0.1) is 26.6 Å². The van der Waals surface area contributed by atoms with E-state index < -0.39 is 17.7 Å². The summed E-state index contributed by atoms with van der Waals surface area (Å²) in [6.07, 6.45) is 0. The summed E-state index contributed by atoms with van der Waals surface area (Å²) in [5.41, 5.74) is 2.00. The molecule has 0 radical (unpaired) electrons. The van der Waals surface area contributed by atoms with Crippen LogP contribution in [0.1, 0.15) is 36.7 Å². The molecule has 0 saturated carbocycles. The van der Waals surface area contributed by atoms with E-state index in [-0.39, 0.29) is 5.56 Å². The minimum Gasteiger partial charge on any atom is -0.465 e. The first-order chi connectivity index (χ1) is 10.3. The van der Waals surface area contributed by atoms with Gasteiger partial charge in [0.25, 0.3) is 5.91 Å². The fourth-order valence-electron chi connectivity index (χ4n) is 2.07. The Morgan fingerprint density at radius 2 is 1.91 bits per heavy atom. The molecular formula is C16H16FNO3S. The molecule has 2 aromatic rings. The summed E-state index contributed by atoms with van der Waals surface area (Å²) >= 11 is 1.29. The number of anilines is 1. The Balaban J connectivity index is 2.39. The van der Waals surface area contributed by atoms with E-state index in [0.717, 1.165) is 10.4 Å². The van der Waals surface area contributed by atoms with Crippen molar-refractivity contribution in [2.75, 3.05) is 12.4 Å². The number of hydrogen-bond acceptors (Lipinski definition) is 4. The second-order valence-electron chi connectivity index (χ2n) is 4.89. The first-order valence-corrected chi connectivity index (χ1v) is 7.42. The van der Waals surface area contributed by atoms with Gasteiger partial charge in [0.2, 0.25) is 0 Å². The van der Waals surface area contributed by atoms with Crippen LogP contribution in [0.5, 0.6) is 0 Å². The number of carbonyl (C=O) groups is 2. The van der Waals surface area contributed by atoms with Crippen molar-refractivity contribution in [1.82, 2.24) is 0 Å². The van der Waals surface area contributed by atoms with Gasteiger partial charge in [-0.15, -0.1) is 11.3 Å². The van der Waals surface area contributed by atoms with Gasteiger partial charge in [-0.2, -0.15) is 0 Å². The van der Waals surface area contributed by atoms with Crippen LogP contribution < -0.4 is 5.32 Å². The van der Waals surface area contributed by atoms with Crippen molar-refractivity contribution >= 4 is 28.2 Å². The van der Waals surface area contributed by atoms with Gasteiger partial charge in [-0.1, -0.05) is 6.07 Å². The Morgan fingerprint density at radius 3 is 2.55 bits per heavy atom. The Labute approximate surface area is 131 Å². The predicted molar refractivity (Wildman–Crippen MR) is 84.2 cm³/mol. The molecule has 0 atom stereocenters. The maximum Gasteiger partial charge on any atom is 0.341 e. The highest BCUT2D eigenvalue weighted by atomic mass is 32.1. The molecule has 4 nitrogen and oxygen atoms in total. The van der Waals surface area contributed by atoms with Gasteiger partial charge in [0.15, 0.2) is 0 Å². The zero-order valence-electron chi connectivity index (χ0n) is 12.7. The summed E-state index contributed by atoms with van der Waals surface area (Å²) in [6.45, 7) is 5.37. The molecule has 1 aromatic heterocycles. The summed E-state index contributed by atoms with van der Waals surface area (Å²) < 4.78 is 18.1. The minimum atomic E-state index is -0.506. The molecule has 22 heavy (non-hydrogen) atoms. The van der Waals surface area contributed by atoms with Crippen LogP contribution in [0.25, 0.3) is 0 Å². The third kappa shape index (κ3) is 3.01. The van der Waals surface area contributed by atoms with Crippen LogP contribution in [0.4, 0.5) is 9.39 Å². The van der Waals surface area contributed by atoms with Crippen molar-refractivity contribution in [1.29, 1.82) is 0 Å². The maximum absolute atomic E-state index is 13.3. The Kier molecular flexibility index (Phi) is 4.61. The topological polar surface area (TPSA) is 55.4 Å². The number of carbonyl (C=O) groups excluding carboxylic acids is 2. The predicted octanol–water partition coefficient (Wildman–Crippen LogP) is 3.85. The van der Waals surface area contributed by atoms with E-state index >= 15 is 0 Å². The number of thiophene rings is 1. The van der Waals surface area contributed by atoms with E-state index in [1.165, 1.54) is 36.6 Å². The van der Waals surface area contributed by atoms with Crippen molar-refractivity contribution in [2.45, 2.75) is 20.8 Å². The van der Waals surface area contributed by atoms with E-state index in [2.05, 4.69) is 5.32 Å². The third-order valence-electron chi connectivity index (χ3n) is 3.45. The number of rotatable bonds is 3. The average Bonchev–Trinajstić information content (AvgIpc) is 2.75. The largest absolute Gasteiger partial charge is 0.465 e. The number of hydrogen-bond donors (Lipinski definition) is 1. The standard InChI is InChI=1S/C16H16FNO3S/c1-8-5-6-11(17)7-12(8)14(19)18-15-13(16(20)21-4)9(2)10(3)22-15/h5-7H,1-4H3,(H,18,19). The fourth-order valence-corrected chi connectivity index (χ4v) is 3.12. The quantitative estimate of drug-likeness (QED) is 0.874. The minimum absolute atomic E-state index is 0.236. The molecule has 2 rings (SSSR count). The fraction of sp³-hybridized carbons (Fsp3) is 0.250. The van der Waals surface area contributed by atoms with Gasteiger partial charge < -0.3 is 10.1 Å². The number of nitrogens with one attached hydrogen (secondary N) is 1. The maximum atomic E-state index is 13.3. The first kappa shape index (κ1) is 16.2. The first-order valence-electron chi connectivity index (χ1n) is 6.61. The van der Waals surface area contributed by atoms with Gasteiger partial charge in [0.1, 0.15) is 10.8 Å². The van der Waals surface area contributed by atoms with Crippen molar-refractivity contribution in [3.63, 3.8) is 0 Å². The average molecular weight is 321 g/mol. The summed E-state index contributed by atoms with van der Waals surface area (Å²) in [4.78, 5) is 25.1. The van der Waals surface area contributed by atoms with E-state index in [9.17, 15) is 14.0 Å². The summed E-state index contributed by atoms with van der Waals surface area (Å²) in [7, 11) is 1.29. The molecule has 0 bridgehead atoms. The summed E-state index contributed by atoms with van der Waals surface area (Å²) in [5.74, 6) is -1.45. The van der Waals surface area contributed by atoms with Crippen LogP contribution in [0.2, 0.25) is 0 Å². The molecule has 0 spiro atoms. The number of ether oxygens (including phenoxy) is 1. The number of halogens is 1. The molecule has 0 aliphatic carbocycles. The lowest BCUT2D eigenvalue weighted by atomic mass is 10.1. The van der Waals surface area contributed by atoms with Gasteiger partial charge in [-0.25, -0.2) is 9.18 Å². The number of esters is 1. The van der Waals surface area contributed by atoms with Gasteiger partial charge in [0, 0.05) is 10.4 Å². The second kappa shape index (κ2) is 6.27. The highest BCUT2D eigenvalue weighted by molar-refractivity contribution is 7.16. The monoisotopic (exact) mass is 321 g/mol. The number of methoxy groups -OCH3 is 1. The molecule has 1 heterocycles. The molecule has 1 amide bonds. The van der Waals surface area contributed by atoms with Crippen LogP contribution in [-0.2, 0) is 4.74 Å². The van der Waals surface area contributed by atoms with Gasteiger partial charge >= 0.3 is 5.97 Å². The van der Waals surface area contributed by atoms with Crippen LogP contribution in [-0.4, -0.2) is 19.0 Å². The third-order valence-corrected chi connectivity index (χ3v) is 4.57.